The van der Waals surface area contributed by atoms with Crippen LogP contribution >= 0.6 is 0 Å². The standard InChI is InChI=1S/C29H33NO3/c1-31-25-14-15-26-28(20-25)33-21-27(22-8-4-2-5-9-22)29(26)23-10-12-24(13-11-23)32-19-18-30-16-6-3-7-17-30/h2,4-5,8-15,20,27,29H,3,6-7,16-19,21H2,1H3/t27-,29-/m0/s1. The summed E-state index contributed by atoms with van der Waals surface area (Å²) in [6, 6.07) is 25.5. The molecule has 0 radical (unpaired) electrons. The van der Waals surface area contributed by atoms with Crippen molar-refractivity contribution in [1.29, 1.82) is 0 Å². The van der Waals surface area contributed by atoms with E-state index in [0.717, 1.165) is 30.4 Å². The minimum Gasteiger partial charge on any atom is -0.497 e. The van der Waals surface area contributed by atoms with Gasteiger partial charge in [0.15, 0.2) is 0 Å². The molecular formula is C29H33NO3. The Balaban J connectivity index is 1.36. The summed E-state index contributed by atoms with van der Waals surface area (Å²) in [6.45, 7) is 4.80. The second-order valence-electron chi connectivity index (χ2n) is 9.03. The summed E-state index contributed by atoms with van der Waals surface area (Å²) in [4.78, 5) is 2.51. The van der Waals surface area contributed by atoms with Crippen LogP contribution < -0.4 is 14.2 Å². The van der Waals surface area contributed by atoms with Crippen molar-refractivity contribution in [3.05, 3.63) is 89.5 Å². The average Bonchev–Trinajstić information content (AvgIpc) is 2.89. The van der Waals surface area contributed by atoms with Gasteiger partial charge in [0, 0.05) is 30.0 Å². The van der Waals surface area contributed by atoms with Gasteiger partial charge in [-0.2, -0.15) is 0 Å². The number of methoxy groups -OCH3 is 1. The molecule has 2 heterocycles. The fourth-order valence-corrected chi connectivity index (χ4v) is 5.16. The quantitative estimate of drug-likeness (QED) is 0.457. The van der Waals surface area contributed by atoms with Gasteiger partial charge in [0.25, 0.3) is 0 Å². The Morgan fingerprint density at radius 1 is 0.848 bits per heavy atom. The number of likely N-dealkylation sites (tertiary alicyclic amines) is 1. The molecule has 0 spiro atoms. The number of fused-ring (bicyclic) bond motifs is 1. The first kappa shape index (κ1) is 21.8. The predicted octanol–water partition coefficient (Wildman–Crippen LogP) is 5.87. The molecule has 0 amide bonds. The third-order valence-electron chi connectivity index (χ3n) is 6.97. The van der Waals surface area contributed by atoms with Crippen LogP contribution in [-0.4, -0.2) is 44.9 Å². The highest BCUT2D eigenvalue weighted by Gasteiger charge is 2.33. The molecule has 1 fully saturated rings. The molecule has 5 rings (SSSR count). The molecule has 2 aliphatic heterocycles. The van der Waals surface area contributed by atoms with Gasteiger partial charge < -0.3 is 14.2 Å². The lowest BCUT2D eigenvalue weighted by Crippen LogP contribution is -2.33. The number of nitrogens with zero attached hydrogens (tertiary/aromatic N) is 1. The lowest BCUT2D eigenvalue weighted by Gasteiger charge is -2.34. The summed E-state index contributed by atoms with van der Waals surface area (Å²) in [5.74, 6) is 3.13. The van der Waals surface area contributed by atoms with Gasteiger partial charge in [-0.3, -0.25) is 4.90 Å². The Morgan fingerprint density at radius 3 is 2.36 bits per heavy atom. The monoisotopic (exact) mass is 443 g/mol. The molecule has 0 unspecified atom stereocenters. The van der Waals surface area contributed by atoms with E-state index < -0.39 is 0 Å². The molecule has 0 bridgehead atoms. The normalized spacial score (nSPS) is 20.5. The van der Waals surface area contributed by atoms with Crippen molar-refractivity contribution in [1.82, 2.24) is 4.90 Å². The lowest BCUT2D eigenvalue weighted by atomic mass is 9.76. The van der Waals surface area contributed by atoms with Gasteiger partial charge >= 0.3 is 0 Å². The van der Waals surface area contributed by atoms with Gasteiger partial charge in [-0.15, -0.1) is 0 Å². The highest BCUT2D eigenvalue weighted by Crippen LogP contribution is 2.47. The molecule has 4 nitrogen and oxygen atoms in total. The van der Waals surface area contributed by atoms with Crippen LogP contribution in [-0.2, 0) is 0 Å². The molecule has 33 heavy (non-hydrogen) atoms. The number of rotatable bonds is 7. The Hall–Kier alpha value is -2.98. The molecule has 0 aliphatic carbocycles. The molecule has 2 aliphatic rings. The largest absolute Gasteiger partial charge is 0.497 e. The zero-order valence-electron chi connectivity index (χ0n) is 19.4. The molecule has 1 saturated heterocycles. The molecule has 172 valence electrons. The van der Waals surface area contributed by atoms with Crippen LogP contribution in [0.3, 0.4) is 0 Å². The van der Waals surface area contributed by atoms with E-state index in [1.165, 1.54) is 49.0 Å². The van der Waals surface area contributed by atoms with Crippen LogP contribution in [0.5, 0.6) is 17.2 Å². The summed E-state index contributed by atoms with van der Waals surface area (Å²) in [5.41, 5.74) is 3.78. The first-order valence-electron chi connectivity index (χ1n) is 12.1. The summed E-state index contributed by atoms with van der Waals surface area (Å²) in [5, 5.41) is 0. The van der Waals surface area contributed by atoms with Crippen molar-refractivity contribution in [2.75, 3.05) is 40.0 Å². The number of hydrogen-bond donors (Lipinski definition) is 0. The predicted molar refractivity (Wildman–Crippen MR) is 132 cm³/mol. The Morgan fingerprint density at radius 2 is 1.61 bits per heavy atom. The van der Waals surface area contributed by atoms with E-state index in [1.54, 1.807) is 7.11 Å². The topological polar surface area (TPSA) is 30.9 Å². The maximum atomic E-state index is 6.21. The molecule has 4 heteroatoms. The van der Waals surface area contributed by atoms with Gasteiger partial charge in [-0.25, -0.2) is 0 Å². The van der Waals surface area contributed by atoms with E-state index in [0.29, 0.717) is 6.61 Å². The summed E-state index contributed by atoms with van der Waals surface area (Å²) in [6.07, 6.45) is 4.00. The van der Waals surface area contributed by atoms with E-state index in [1.807, 2.05) is 12.1 Å². The van der Waals surface area contributed by atoms with Crippen LogP contribution in [0.1, 0.15) is 47.8 Å². The van der Waals surface area contributed by atoms with Crippen molar-refractivity contribution in [3.63, 3.8) is 0 Å². The Kier molecular flexibility index (Phi) is 6.82. The van der Waals surface area contributed by atoms with Crippen LogP contribution in [0.4, 0.5) is 0 Å². The van der Waals surface area contributed by atoms with Gasteiger partial charge in [-0.1, -0.05) is 55.0 Å². The first-order chi connectivity index (χ1) is 16.3. The first-order valence-corrected chi connectivity index (χ1v) is 12.1. The second-order valence-corrected chi connectivity index (χ2v) is 9.03. The van der Waals surface area contributed by atoms with Crippen LogP contribution in [0.25, 0.3) is 0 Å². The highest BCUT2D eigenvalue weighted by molar-refractivity contribution is 5.51. The molecular weight excluding hydrogens is 410 g/mol. The molecule has 3 aromatic carbocycles. The van der Waals surface area contributed by atoms with Crippen LogP contribution in [0, 0.1) is 0 Å². The van der Waals surface area contributed by atoms with Crippen LogP contribution in [0.2, 0.25) is 0 Å². The molecule has 0 N–H and O–H groups in total. The van der Waals surface area contributed by atoms with Gasteiger partial charge in [-0.05, 0) is 55.3 Å². The van der Waals surface area contributed by atoms with E-state index in [2.05, 4.69) is 65.6 Å². The molecule has 0 aromatic heterocycles. The van der Waals surface area contributed by atoms with Gasteiger partial charge in [0.05, 0.1) is 13.7 Å². The smallest absolute Gasteiger partial charge is 0.126 e. The third kappa shape index (κ3) is 5.01. The Labute approximate surface area is 197 Å². The minimum atomic E-state index is 0.212. The average molecular weight is 444 g/mol. The van der Waals surface area contributed by atoms with Crippen LogP contribution in [0.15, 0.2) is 72.8 Å². The minimum absolute atomic E-state index is 0.212. The van der Waals surface area contributed by atoms with Crippen molar-refractivity contribution < 1.29 is 14.2 Å². The molecule has 2 atom stereocenters. The van der Waals surface area contributed by atoms with Crippen molar-refractivity contribution in [3.8, 4) is 17.2 Å². The number of hydrogen-bond acceptors (Lipinski definition) is 4. The fraction of sp³-hybridized carbons (Fsp3) is 0.379. The van der Waals surface area contributed by atoms with E-state index in [4.69, 9.17) is 14.2 Å². The van der Waals surface area contributed by atoms with Gasteiger partial charge in [0.2, 0.25) is 0 Å². The molecule has 0 saturated carbocycles. The zero-order valence-corrected chi connectivity index (χ0v) is 19.4. The zero-order chi connectivity index (χ0) is 22.5. The maximum absolute atomic E-state index is 6.21. The van der Waals surface area contributed by atoms with Crippen molar-refractivity contribution in [2.45, 2.75) is 31.1 Å². The second kappa shape index (κ2) is 10.3. The van der Waals surface area contributed by atoms with E-state index >= 15 is 0 Å². The number of piperidine rings is 1. The number of benzene rings is 3. The highest BCUT2D eigenvalue weighted by atomic mass is 16.5. The SMILES string of the molecule is COc1ccc2c(c1)OC[C@@H](c1ccccc1)[C@H]2c1ccc(OCCN2CCCCC2)cc1. The van der Waals surface area contributed by atoms with Gasteiger partial charge in [0.1, 0.15) is 23.9 Å². The summed E-state index contributed by atoms with van der Waals surface area (Å²) in [7, 11) is 1.69. The third-order valence-corrected chi connectivity index (χ3v) is 6.97. The molecule has 3 aromatic rings. The fourth-order valence-electron chi connectivity index (χ4n) is 5.16. The van der Waals surface area contributed by atoms with E-state index in [-0.39, 0.29) is 11.8 Å². The number of ether oxygens (including phenoxy) is 3. The lowest BCUT2D eigenvalue weighted by molar-refractivity contribution is 0.183. The van der Waals surface area contributed by atoms with Crippen molar-refractivity contribution in [2.24, 2.45) is 0 Å². The summed E-state index contributed by atoms with van der Waals surface area (Å²) < 4.78 is 17.7. The van der Waals surface area contributed by atoms with E-state index in [9.17, 15) is 0 Å². The maximum Gasteiger partial charge on any atom is 0.126 e. The Bertz CT molecular complexity index is 1030. The van der Waals surface area contributed by atoms with Crippen molar-refractivity contribution >= 4 is 0 Å². The summed E-state index contributed by atoms with van der Waals surface area (Å²) >= 11 is 0.